The summed E-state index contributed by atoms with van der Waals surface area (Å²) in [6.45, 7) is 4.67. The van der Waals surface area contributed by atoms with Gasteiger partial charge in [0.25, 0.3) is 0 Å². The predicted octanol–water partition coefficient (Wildman–Crippen LogP) is 3.09. The Morgan fingerprint density at radius 2 is 2.28 bits per heavy atom. The summed E-state index contributed by atoms with van der Waals surface area (Å²) >= 11 is 1.71. The number of aromatic nitrogens is 2. The van der Waals surface area contributed by atoms with E-state index in [0.717, 1.165) is 43.1 Å². The molecule has 3 aromatic rings. The van der Waals surface area contributed by atoms with E-state index in [2.05, 4.69) is 52.9 Å². The van der Waals surface area contributed by atoms with Crippen LogP contribution in [0.1, 0.15) is 24.1 Å². The van der Waals surface area contributed by atoms with Crippen molar-refractivity contribution in [2.75, 3.05) is 13.1 Å². The van der Waals surface area contributed by atoms with Gasteiger partial charge in [-0.25, -0.2) is 4.98 Å². The lowest BCUT2D eigenvalue weighted by atomic mass is 9.97. The molecule has 5 nitrogen and oxygen atoms in total. The van der Waals surface area contributed by atoms with E-state index in [-0.39, 0.29) is 11.8 Å². The minimum Gasteiger partial charge on any atom is -0.369 e. The third-order valence-electron chi connectivity index (χ3n) is 4.87. The van der Waals surface area contributed by atoms with Gasteiger partial charge in [-0.2, -0.15) is 0 Å². The lowest BCUT2D eigenvalue weighted by Gasteiger charge is -2.31. The number of amides is 1. The molecule has 1 amide bonds. The number of carbonyl (C=O) groups is 1. The summed E-state index contributed by atoms with van der Waals surface area (Å²) < 4.78 is 3.37. The Morgan fingerprint density at radius 1 is 1.40 bits per heavy atom. The van der Waals surface area contributed by atoms with Crippen molar-refractivity contribution in [2.24, 2.45) is 11.7 Å². The van der Waals surface area contributed by atoms with E-state index in [0.29, 0.717) is 0 Å². The molecule has 1 saturated heterocycles. The molecule has 2 aromatic heterocycles. The van der Waals surface area contributed by atoms with Gasteiger partial charge >= 0.3 is 0 Å². The highest BCUT2D eigenvalue weighted by Crippen LogP contribution is 2.27. The molecule has 1 atom stereocenters. The quantitative estimate of drug-likeness (QED) is 0.783. The van der Waals surface area contributed by atoms with Crippen LogP contribution < -0.4 is 5.73 Å². The van der Waals surface area contributed by atoms with Gasteiger partial charge in [0, 0.05) is 25.0 Å². The Morgan fingerprint density at radius 3 is 3.12 bits per heavy atom. The fourth-order valence-electron chi connectivity index (χ4n) is 3.51. The van der Waals surface area contributed by atoms with Crippen LogP contribution in [0, 0.1) is 12.8 Å². The molecule has 1 unspecified atom stereocenters. The Bertz CT molecular complexity index is 913. The van der Waals surface area contributed by atoms with Gasteiger partial charge in [-0.3, -0.25) is 14.3 Å². The number of nitrogens with two attached hydrogens (primary N) is 1. The summed E-state index contributed by atoms with van der Waals surface area (Å²) in [6, 6.07) is 10.5. The average Bonchev–Trinajstić information content (AvgIpc) is 3.20. The smallest absolute Gasteiger partial charge is 0.221 e. The summed E-state index contributed by atoms with van der Waals surface area (Å²) in [6.07, 6.45) is 3.99. The third kappa shape index (κ3) is 3.32. The van der Waals surface area contributed by atoms with E-state index < -0.39 is 0 Å². The van der Waals surface area contributed by atoms with E-state index in [1.54, 1.807) is 11.3 Å². The van der Waals surface area contributed by atoms with E-state index in [1.165, 1.54) is 16.0 Å². The van der Waals surface area contributed by atoms with E-state index in [4.69, 9.17) is 10.7 Å². The Balaban J connectivity index is 1.58. The number of carbonyl (C=O) groups excluding carboxylic acids is 1. The molecular weight excluding hydrogens is 332 g/mol. The number of rotatable bonds is 4. The van der Waals surface area contributed by atoms with Crippen molar-refractivity contribution in [3.8, 4) is 5.13 Å². The highest BCUT2D eigenvalue weighted by molar-refractivity contribution is 7.20. The second-order valence-corrected chi connectivity index (χ2v) is 7.82. The van der Waals surface area contributed by atoms with Crippen LogP contribution in [-0.4, -0.2) is 33.4 Å². The second kappa shape index (κ2) is 6.61. The van der Waals surface area contributed by atoms with Crippen molar-refractivity contribution in [1.29, 1.82) is 0 Å². The molecule has 0 saturated carbocycles. The maximum absolute atomic E-state index is 11.5. The van der Waals surface area contributed by atoms with Gasteiger partial charge in [0.2, 0.25) is 5.91 Å². The van der Waals surface area contributed by atoms with Crippen LogP contribution in [0.5, 0.6) is 0 Å². The van der Waals surface area contributed by atoms with Crippen molar-refractivity contribution in [3.05, 3.63) is 47.8 Å². The molecule has 3 heterocycles. The normalized spacial score (nSPS) is 18.7. The van der Waals surface area contributed by atoms with Crippen molar-refractivity contribution in [3.63, 3.8) is 0 Å². The largest absolute Gasteiger partial charge is 0.369 e. The van der Waals surface area contributed by atoms with Crippen LogP contribution in [0.3, 0.4) is 0 Å². The highest BCUT2D eigenvalue weighted by atomic mass is 32.1. The van der Waals surface area contributed by atoms with Gasteiger partial charge < -0.3 is 5.73 Å². The van der Waals surface area contributed by atoms with Gasteiger partial charge in [0.15, 0.2) is 5.13 Å². The van der Waals surface area contributed by atoms with E-state index in [1.807, 2.05) is 0 Å². The standard InChI is InChI=1S/C19H22N4OS/c1-13-6-7-16-17(10-13)25-19(21-16)23-9-3-5-15(23)12-22-8-2-4-14(11-22)18(20)24/h3,5-7,9-10,14H,2,4,8,11-12H2,1H3,(H2,20,24). The zero-order chi connectivity index (χ0) is 17.4. The number of aryl methyl sites for hydroxylation is 1. The molecule has 4 rings (SSSR count). The molecule has 0 bridgehead atoms. The van der Waals surface area contributed by atoms with Crippen LogP contribution in [-0.2, 0) is 11.3 Å². The van der Waals surface area contributed by atoms with Crippen LogP contribution in [0.25, 0.3) is 15.3 Å². The molecular formula is C19H22N4OS. The van der Waals surface area contributed by atoms with Crippen LogP contribution in [0.2, 0.25) is 0 Å². The Hall–Kier alpha value is -2.18. The molecule has 1 fully saturated rings. The molecule has 0 spiro atoms. The lowest BCUT2D eigenvalue weighted by molar-refractivity contribution is -0.123. The first-order valence-electron chi connectivity index (χ1n) is 8.65. The fraction of sp³-hybridized carbons (Fsp3) is 0.368. The second-order valence-electron chi connectivity index (χ2n) is 6.81. The first kappa shape index (κ1) is 16.3. The van der Waals surface area contributed by atoms with Crippen molar-refractivity contribution >= 4 is 27.5 Å². The summed E-state index contributed by atoms with van der Waals surface area (Å²) in [5, 5.41) is 0.990. The molecule has 0 aliphatic carbocycles. The van der Waals surface area contributed by atoms with Gasteiger partial charge in [0.1, 0.15) is 0 Å². The third-order valence-corrected chi connectivity index (χ3v) is 5.88. The van der Waals surface area contributed by atoms with Gasteiger partial charge in [0.05, 0.1) is 16.1 Å². The molecule has 130 valence electrons. The maximum atomic E-state index is 11.5. The summed E-state index contributed by atoms with van der Waals surface area (Å²) in [4.78, 5) is 18.6. The molecule has 0 radical (unpaired) electrons. The highest BCUT2D eigenvalue weighted by Gasteiger charge is 2.24. The minimum absolute atomic E-state index is 0.0254. The average molecular weight is 354 g/mol. The lowest BCUT2D eigenvalue weighted by Crippen LogP contribution is -2.40. The predicted molar refractivity (Wildman–Crippen MR) is 101 cm³/mol. The minimum atomic E-state index is -0.179. The number of primary amides is 1. The number of piperidine rings is 1. The zero-order valence-electron chi connectivity index (χ0n) is 14.3. The zero-order valence-corrected chi connectivity index (χ0v) is 15.1. The molecule has 6 heteroatoms. The number of nitrogens with zero attached hydrogens (tertiary/aromatic N) is 3. The van der Waals surface area contributed by atoms with Crippen molar-refractivity contribution in [1.82, 2.24) is 14.5 Å². The topological polar surface area (TPSA) is 64.2 Å². The first-order chi connectivity index (χ1) is 12.1. The van der Waals surface area contributed by atoms with Crippen LogP contribution >= 0.6 is 11.3 Å². The van der Waals surface area contributed by atoms with E-state index >= 15 is 0 Å². The van der Waals surface area contributed by atoms with E-state index in [9.17, 15) is 4.79 Å². The summed E-state index contributed by atoms with van der Waals surface area (Å²) in [7, 11) is 0. The fourth-order valence-corrected chi connectivity index (χ4v) is 4.60. The summed E-state index contributed by atoms with van der Waals surface area (Å²) in [5.41, 5.74) is 8.99. The number of likely N-dealkylation sites (tertiary alicyclic amines) is 1. The van der Waals surface area contributed by atoms with Crippen molar-refractivity contribution < 1.29 is 4.79 Å². The molecule has 1 aromatic carbocycles. The number of thiazole rings is 1. The monoisotopic (exact) mass is 354 g/mol. The number of hydrogen-bond acceptors (Lipinski definition) is 4. The molecule has 1 aliphatic rings. The van der Waals surface area contributed by atoms with Crippen LogP contribution in [0.15, 0.2) is 36.5 Å². The summed E-state index contributed by atoms with van der Waals surface area (Å²) in [5.74, 6) is -0.204. The first-order valence-corrected chi connectivity index (χ1v) is 9.47. The maximum Gasteiger partial charge on any atom is 0.221 e. The SMILES string of the molecule is Cc1ccc2nc(-n3cccc3CN3CCCC(C(N)=O)C3)sc2c1. The Kier molecular flexibility index (Phi) is 4.31. The molecule has 25 heavy (non-hydrogen) atoms. The number of hydrogen-bond donors (Lipinski definition) is 1. The number of fused-ring (bicyclic) bond motifs is 1. The number of benzene rings is 1. The van der Waals surface area contributed by atoms with Gasteiger partial charge in [-0.05, 0) is 56.1 Å². The van der Waals surface area contributed by atoms with Gasteiger partial charge in [-0.1, -0.05) is 17.4 Å². The van der Waals surface area contributed by atoms with Crippen LogP contribution in [0.4, 0.5) is 0 Å². The van der Waals surface area contributed by atoms with Gasteiger partial charge in [-0.15, -0.1) is 0 Å². The molecule has 1 aliphatic heterocycles. The molecule has 2 N–H and O–H groups in total. The Labute approximate surface area is 151 Å². The van der Waals surface area contributed by atoms with Crippen molar-refractivity contribution in [2.45, 2.75) is 26.3 Å².